The van der Waals surface area contributed by atoms with Crippen molar-refractivity contribution < 1.29 is 13.5 Å². The normalized spacial score (nSPS) is 19.8. The maximum atomic E-state index is 14.0. The molecule has 1 unspecified atom stereocenters. The zero-order valence-electron chi connectivity index (χ0n) is 9.93. The van der Waals surface area contributed by atoms with Crippen LogP contribution in [0, 0.1) is 11.6 Å². The lowest BCUT2D eigenvalue weighted by Crippen LogP contribution is -2.25. The molecule has 1 saturated heterocycles. The van der Waals surface area contributed by atoms with Gasteiger partial charge in [-0.2, -0.15) is 0 Å². The van der Waals surface area contributed by atoms with Gasteiger partial charge in [-0.05, 0) is 31.9 Å². The molecule has 1 N–H and O–H groups in total. The third-order valence-electron chi connectivity index (χ3n) is 3.18. The van der Waals surface area contributed by atoms with Gasteiger partial charge in [0.05, 0.1) is 6.61 Å². The maximum absolute atomic E-state index is 14.0. The van der Waals surface area contributed by atoms with Gasteiger partial charge in [0.25, 0.3) is 0 Å². The molecule has 1 heterocycles. The first-order chi connectivity index (χ1) is 8.22. The van der Waals surface area contributed by atoms with Crippen LogP contribution in [0.4, 0.5) is 8.78 Å². The van der Waals surface area contributed by atoms with Crippen molar-refractivity contribution >= 4 is 0 Å². The van der Waals surface area contributed by atoms with Crippen LogP contribution in [0.15, 0.2) is 12.1 Å². The van der Waals surface area contributed by atoms with Crippen molar-refractivity contribution in [1.29, 1.82) is 0 Å². The standard InChI is InChI=1S/C13H17F2NO/c1-17-8-9-4-5-12(14)11(13(9)15)7-10-3-2-6-16-10/h4-5,10,16H,2-3,6-8H2,1H3. The highest BCUT2D eigenvalue weighted by atomic mass is 19.1. The molecule has 0 amide bonds. The molecular formula is C13H17F2NO. The third kappa shape index (κ3) is 2.82. The second-order valence-corrected chi connectivity index (χ2v) is 4.43. The van der Waals surface area contributed by atoms with Gasteiger partial charge in [-0.15, -0.1) is 0 Å². The van der Waals surface area contributed by atoms with Crippen LogP contribution in [0.5, 0.6) is 0 Å². The predicted molar refractivity (Wildman–Crippen MR) is 61.8 cm³/mol. The quantitative estimate of drug-likeness (QED) is 0.874. The molecule has 0 radical (unpaired) electrons. The third-order valence-corrected chi connectivity index (χ3v) is 3.18. The van der Waals surface area contributed by atoms with Gasteiger partial charge in [0, 0.05) is 24.3 Å². The Morgan fingerprint density at radius 2 is 2.24 bits per heavy atom. The Morgan fingerprint density at radius 1 is 1.41 bits per heavy atom. The molecule has 0 aliphatic carbocycles. The number of benzene rings is 1. The van der Waals surface area contributed by atoms with E-state index in [2.05, 4.69) is 5.32 Å². The van der Waals surface area contributed by atoms with Gasteiger partial charge in [-0.1, -0.05) is 6.07 Å². The van der Waals surface area contributed by atoms with E-state index in [4.69, 9.17) is 4.74 Å². The lowest BCUT2D eigenvalue weighted by Gasteiger charge is -2.13. The van der Waals surface area contributed by atoms with Crippen LogP contribution in [-0.2, 0) is 17.8 Å². The summed E-state index contributed by atoms with van der Waals surface area (Å²) >= 11 is 0. The van der Waals surface area contributed by atoms with Gasteiger partial charge in [-0.25, -0.2) is 8.78 Å². The van der Waals surface area contributed by atoms with Crippen molar-refractivity contribution in [3.63, 3.8) is 0 Å². The van der Waals surface area contributed by atoms with Crippen molar-refractivity contribution in [2.45, 2.75) is 31.9 Å². The minimum absolute atomic E-state index is 0.178. The van der Waals surface area contributed by atoms with Crippen LogP contribution >= 0.6 is 0 Å². The summed E-state index contributed by atoms with van der Waals surface area (Å²) in [5.41, 5.74) is 0.598. The first-order valence-corrected chi connectivity index (χ1v) is 5.90. The van der Waals surface area contributed by atoms with E-state index >= 15 is 0 Å². The number of methoxy groups -OCH3 is 1. The molecule has 0 aromatic heterocycles. The summed E-state index contributed by atoms with van der Waals surface area (Å²) in [6, 6.07) is 2.96. The highest BCUT2D eigenvalue weighted by molar-refractivity contribution is 5.28. The summed E-state index contributed by atoms with van der Waals surface area (Å²) in [5, 5.41) is 3.25. The first-order valence-electron chi connectivity index (χ1n) is 5.90. The van der Waals surface area contributed by atoms with E-state index in [0.29, 0.717) is 12.0 Å². The van der Waals surface area contributed by atoms with Crippen LogP contribution in [0.1, 0.15) is 24.0 Å². The monoisotopic (exact) mass is 241 g/mol. The smallest absolute Gasteiger partial charge is 0.134 e. The highest BCUT2D eigenvalue weighted by Gasteiger charge is 2.20. The molecule has 1 aliphatic rings. The molecule has 1 aromatic rings. The van der Waals surface area contributed by atoms with E-state index in [1.54, 1.807) is 0 Å². The number of halogens is 2. The summed E-state index contributed by atoms with van der Waals surface area (Å²) < 4.78 is 32.5. The van der Waals surface area contributed by atoms with Gasteiger partial charge >= 0.3 is 0 Å². The summed E-state index contributed by atoms with van der Waals surface area (Å²) in [4.78, 5) is 0. The molecular weight excluding hydrogens is 224 g/mol. The Hall–Kier alpha value is -1.00. The molecule has 0 spiro atoms. The summed E-state index contributed by atoms with van der Waals surface area (Å²) in [7, 11) is 1.50. The maximum Gasteiger partial charge on any atom is 0.134 e. The Balaban J connectivity index is 2.21. The van der Waals surface area contributed by atoms with Crippen LogP contribution in [0.2, 0.25) is 0 Å². The number of ether oxygens (including phenoxy) is 1. The number of rotatable bonds is 4. The second kappa shape index (κ2) is 5.56. The van der Waals surface area contributed by atoms with Crippen LogP contribution in [0.25, 0.3) is 0 Å². The van der Waals surface area contributed by atoms with Crippen molar-refractivity contribution in [3.05, 3.63) is 34.9 Å². The van der Waals surface area contributed by atoms with Crippen LogP contribution in [-0.4, -0.2) is 19.7 Å². The minimum Gasteiger partial charge on any atom is -0.380 e. The fraction of sp³-hybridized carbons (Fsp3) is 0.538. The lowest BCUT2D eigenvalue weighted by atomic mass is 10.0. The molecule has 0 saturated carbocycles. The van der Waals surface area contributed by atoms with Crippen molar-refractivity contribution in [2.75, 3.05) is 13.7 Å². The van der Waals surface area contributed by atoms with Crippen molar-refractivity contribution in [2.24, 2.45) is 0 Å². The summed E-state index contributed by atoms with van der Waals surface area (Å²) in [5.74, 6) is -0.920. The molecule has 1 atom stereocenters. The zero-order chi connectivity index (χ0) is 12.3. The molecule has 0 bridgehead atoms. The molecule has 17 heavy (non-hydrogen) atoms. The molecule has 1 aromatic carbocycles. The Labute approximate surface area is 100.0 Å². The second-order valence-electron chi connectivity index (χ2n) is 4.43. The fourth-order valence-corrected chi connectivity index (χ4v) is 2.28. The van der Waals surface area contributed by atoms with E-state index in [9.17, 15) is 8.78 Å². The van der Waals surface area contributed by atoms with Gasteiger partial charge in [0.2, 0.25) is 0 Å². The summed E-state index contributed by atoms with van der Waals surface area (Å²) in [6.45, 7) is 1.11. The summed E-state index contributed by atoms with van der Waals surface area (Å²) in [6.07, 6.45) is 2.47. The van der Waals surface area contributed by atoms with E-state index in [0.717, 1.165) is 19.4 Å². The predicted octanol–water partition coefficient (Wildman–Crippen LogP) is 2.41. The zero-order valence-corrected chi connectivity index (χ0v) is 9.93. The van der Waals surface area contributed by atoms with Crippen molar-refractivity contribution in [1.82, 2.24) is 5.32 Å². The molecule has 2 nitrogen and oxygen atoms in total. The van der Waals surface area contributed by atoms with E-state index in [-0.39, 0.29) is 18.2 Å². The average molecular weight is 241 g/mol. The number of hydrogen-bond acceptors (Lipinski definition) is 2. The molecule has 2 rings (SSSR count). The molecule has 1 aliphatic heterocycles. The Morgan fingerprint density at radius 3 is 2.88 bits per heavy atom. The van der Waals surface area contributed by atoms with Gasteiger partial charge in [0.1, 0.15) is 11.6 Å². The topological polar surface area (TPSA) is 21.3 Å². The Bertz CT molecular complexity index is 389. The average Bonchev–Trinajstić information content (AvgIpc) is 2.81. The lowest BCUT2D eigenvalue weighted by molar-refractivity contribution is 0.181. The van der Waals surface area contributed by atoms with E-state index < -0.39 is 11.6 Å². The van der Waals surface area contributed by atoms with Gasteiger partial charge in [-0.3, -0.25) is 0 Å². The number of nitrogens with one attached hydrogen (secondary N) is 1. The van der Waals surface area contributed by atoms with Crippen molar-refractivity contribution in [3.8, 4) is 0 Å². The molecule has 94 valence electrons. The number of hydrogen-bond donors (Lipinski definition) is 1. The Kier molecular flexibility index (Phi) is 4.07. The minimum atomic E-state index is -0.462. The first kappa shape index (κ1) is 12.5. The van der Waals surface area contributed by atoms with Gasteiger partial charge in [0.15, 0.2) is 0 Å². The van der Waals surface area contributed by atoms with E-state index in [1.165, 1.54) is 19.2 Å². The fourth-order valence-electron chi connectivity index (χ4n) is 2.28. The van der Waals surface area contributed by atoms with Crippen LogP contribution < -0.4 is 5.32 Å². The largest absolute Gasteiger partial charge is 0.380 e. The SMILES string of the molecule is COCc1ccc(F)c(CC2CCCN2)c1F. The van der Waals surface area contributed by atoms with E-state index in [1.807, 2.05) is 0 Å². The molecule has 4 heteroatoms. The van der Waals surface area contributed by atoms with Gasteiger partial charge < -0.3 is 10.1 Å². The highest BCUT2D eigenvalue weighted by Crippen LogP contribution is 2.21. The van der Waals surface area contributed by atoms with Crippen LogP contribution in [0.3, 0.4) is 0 Å². The molecule has 1 fully saturated rings.